The van der Waals surface area contributed by atoms with Gasteiger partial charge in [-0.3, -0.25) is 5.84 Å². The third-order valence-electron chi connectivity index (χ3n) is 3.40. The molecule has 19 heavy (non-hydrogen) atoms. The van der Waals surface area contributed by atoms with E-state index >= 15 is 0 Å². The monoisotopic (exact) mass is 285 g/mol. The maximum Gasteiger partial charge on any atom is 0.240 e. The summed E-state index contributed by atoms with van der Waals surface area (Å²) in [6, 6.07) is 6.28. The van der Waals surface area contributed by atoms with Crippen LogP contribution in [0.1, 0.15) is 13.3 Å². The predicted molar refractivity (Wildman–Crippen MR) is 73.0 cm³/mol. The number of anilines is 1. The highest BCUT2D eigenvalue weighted by atomic mass is 32.2. The Hall–Kier alpha value is -1.15. The summed E-state index contributed by atoms with van der Waals surface area (Å²) in [7, 11) is -3.47. The number of ether oxygens (including phenoxy) is 1. The fraction of sp³-hybridized carbons (Fsp3) is 0.500. The molecule has 4 N–H and O–H groups in total. The predicted octanol–water partition coefficient (Wildman–Crippen LogP) is 0.675. The topological polar surface area (TPSA) is 93.4 Å². The van der Waals surface area contributed by atoms with Crippen LogP contribution in [0.4, 0.5) is 5.69 Å². The van der Waals surface area contributed by atoms with Gasteiger partial charge in [0.2, 0.25) is 10.0 Å². The van der Waals surface area contributed by atoms with Crippen molar-refractivity contribution in [2.75, 3.05) is 18.6 Å². The van der Waals surface area contributed by atoms with Crippen molar-refractivity contribution in [2.24, 2.45) is 11.8 Å². The average molecular weight is 285 g/mol. The number of nitrogens with one attached hydrogen (secondary N) is 2. The molecule has 1 aliphatic heterocycles. The van der Waals surface area contributed by atoms with Gasteiger partial charge in [-0.05, 0) is 37.6 Å². The van der Waals surface area contributed by atoms with E-state index in [-0.39, 0.29) is 16.9 Å². The summed E-state index contributed by atoms with van der Waals surface area (Å²) in [5.41, 5.74) is 3.12. The summed E-state index contributed by atoms with van der Waals surface area (Å²) < 4.78 is 32.2. The van der Waals surface area contributed by atoms with Crippen molar-refractivity contribution in [2.45, 2.75) is 24.3 Å². The molecule has 0 bridgehead atoms. The van der Waals surface area contributed by atoms with E-state index in [1.807, 2.05) is 6.92 Å². The largest absolute Gasteiger partial charge is 0.378 e. The molecule has 1 fully saturated rings. The second kappa shape index (κ2) is 5.87. The molecule has 0 aromatic heterocycles. The van der Waals surface area contributed by atoms with Crippen LogP contribution in [0.3, 0.4) is 0 Å². The highest BCUT2D eigenvalue weighted by Crippen LogP contribution is 2.20. The van der Waals surface area contributed by atoms with Crippen LogP contribution in [-0.4, -0.2) is 27.7 Å². The summed E-state index contributed by atoms with van der Waals surface area (Å²) in [5, 5.41) is 0. The van der Waals surface area contributed by atoms with E-state index in [1.54, 1.807) is 12.1 Å². The first-order valence-corrected chi connectivity index (χ1v) is 7.69. The molecule has 1 aromatic carbocycles. The molecule has 2 atom stereocenters. The van der Waals surface area contributed by atoms with Gasteiger partial charge in [-0.2, -0.15) is 0 Å². The summed E-state index contributed by atoms with van der Waals surface area (Å²) in [6.45, 7) is 3.07. The van der Waals surface area contributed by atoms with Crippen LogP contribution in [0.2, 0.25) is 0 Å². The van der Waals surface area contributed by atoms with Crippen molar-refractivity contribution >= 4 is 15.7 Å². The van der Waals surface area contributed by atoms with Crippen LogP contribution in [0.5, 0.6) is 0 Å². The van der Waals surface area contributed by atoms with Crippen LogP contribution in [0.15, 0.2) is 29.2 Å². The van der Waals surface area contributed by atoms with Crippen LogP contribution >= 0.6 is 0 Å². The minimum atomic E-state index is -3.47. The fourth-order valence-electron chi connectivity index (χ4n) is 2.07. The van der Waals surface area contributed by atoms with Gasteiger partial charge in [0.1, 0.15) is 0 Å². The van der Waals surface area contributed by atoms with Crippen molar-refractivity contribution < 1.29 is 13.2 Å². The lowest BCUT2D eigenvalue weighted by molar-refractivity contribution is 0.107. The third kappa shape index (κ3) is 3.44. The Balaban J connectivity index is 2.01. The average Bonchev–Trinajstić information content (AvgIpc) is 2.82. The smallest absolute Gasteiger partial charge is 0.240 e. The first-order valence-electron chi connectivity index (χ1n) is 6.21. The molecule has 1 aliphatic rings. The molecule has 0 spiro atoms. The number of hydrogen-bond donors (Lipinski definition) is 3. The second-order valence-corrected chi connectivity index (χ2v) is 6.41. The van der Waals surface area contributed by atoms with Gasteiger partial charge in [-0.25, -0.2) is 13.1 Å². The van der Waals surface area contributed by atoms with Gasteiger partial charge in [-0.15, -0.1) is 0 Å². The SMILES string of the molecule is CC1OCCC1CNS(=O)(=O)c1ccc(NN)cc1. The molecule has 1 saturated heterocycles. The Labute approximate surface area is 113 Å². The normalized spacial score (nSPS) is 23.5. The van der Waals surface area contributed by atoms with Gasteiger partial charge in [-0.1, -0.05) is 0 Å². The number of benzene rings is 1. The maximum atomic E-state index is 12.1. The van der Waals surface area contributed by atoms with E-state index < -0.39 is 10.0 Å². The second-order valence-electron chi connectivity index (χ2n) is 4.65. The minimum Gasteiger partial charge on any atom is -0.378 e. The Bertz CT molecular complexity index is 516. The molecule has 0 saturated carbocycles. The van der Waals surface area contributed by atoms with Crippen molar-refractivity contribution in [1.82, 2.24) is 4.72 Å². The zero-order chi connectivity index (χ0) is 13.9. The number of hydrazine groups is 1. The van der Waals surface area contributed by atoms with Crippen molar-refractivity contribution in [3.63, 3.8) is 0 Å². The molecule has 1 heterocycles. The van der Waals surface area contributed by atoms with E-state index in [1.165, 1.54) is 12.1 Å². The molecule has 6 nitrogen and oxygen atoms in total. The van der Waals surface area contributed by atoms with Gasteiger partial charge >= 0.3 is 0 Å². The molecular formula is C12H19N3O3S. The molecule has 2 rings (SSSR count). The van der Waals surface area contributed by atoms with E-state index in [4.69, 9.17) is 10.6 Å². The Morgan fingerprint density at radius 1 is 1.37 bits per heavy atom. The number of nitrogen functional groups attached to an aromatic ring is 1. The lowest BCUT2D eigenvalue weighted by atomic mass is 10.0. The maximum absolute atomic E-state index is 12.1. The van der Waals surface area contributed by atoms with Crippen LogP contribution in [-0.2, 0) is 14.8 Å². The van der Waals surface area contributed by atoms with Crippen LogP contribution in [0.25, 0.3) is 0 Å². The van der Waals surface area contributed by atoms with Gasteiger partial charge in [0.05, 0.1) is 11.0 Å². The van der Waals surface area contributed by atoms with Crippen molar-refractivity contribution in [3.8, 4) is 0 Å². The highest BCUT2D eigenvalue weighted by Gasteiger charge is 2.26. The molecule has 1 aromatic rings. The molecule has 2 unspecified atom stereocenters. The quantitative estimate of drug-likeness (QED) is 0.546. The summed E-state index contributed by atoms with van der Waals surface area (Å²) in [6.07, 6.45) is 0.992. The number of rotatable bonds is 5. The van der Waals surface area contributed by atoms with E-state index in [2.05, 4.69) is 10.1 Å². The number of sulfonamides is 1. The lowest BCUT2D eigenvalue weighted by Crippen LogP contribution is -2.32. The van der Waals surface area contributed by atoms with Gasteiger partial charge in [0.25, 0.3) is 0 Å². The molecule has 0 aliphatic carbocycles. The number of hydrogen-bond acceptors (Lipinski definition) is 5. The zero-order valence-corrected chi connectivity index (χ0v) is 11.6. The number of nitrogens with two attached hydrogens (primary N) is 1. The zero-order valence-electron chi connectivity index (χ0n) is 10.8. The first-order chi connectivity index (χ1) is 9.03. The molecular weight excluding hydrogens is 266 g/mol. The summed E-state index contributed by atoms with van der Waals surface area (Å²) >= 11 is 0. The van der Waals surface area contributed by atoms with Crippen molar-refractivity contribution in [1.29, 1.82) is 0 Å². The van der Waals surface area contributed by atoms with Gasteiger partial charge in [0, 0.05) is 24.8 Å². The minimum absolute atomic E-state index is 0.103. The first kappa shape index (κ1) is 14.3. The van der Waals surface area contributed by atoms with E-state index in [0.29, 0.717) is 18.8 Å². The standard InChI is InChI=1S/C12H19N3O3S/c1-9-10(6-7-18-9)8-14-19(16,17)12-4-2-11(15-13)3-5-12/h2-5,9-10,14-15H,6-8,13H2,1H3. The van der Waals surface area contributed by atoms with Crippen molar-refractivity contribution in [3.05, 3.63) is 24.3 Å². The Kier molecular flexibility index (Phi) is 4.41. The molecule has 106 valence electrons. The summed E-state index contributed by atoms with van der Waals surface area (Å²) in [5.74, 6) is 5.47. The third-order valence-corrected chi connectivity index (χ3v) is 4.84. The molecule has 0 amide bonds. The van der Waals surface area contributed by atoms with Crippen LogP contribution in [0, 0.1) is 5.92 Å². The van der Waals surface area contributed by atoms with E-state index in [9.17, 15) is 8.42 Å². The Morgan fingerprint density at radius 3 is 2.58 bits per heavy atom. The van der Waals surface area contributed by atoms with Crippen LogP contribution < -0.4 is 16.0 Å². The van der Waals surface area contributed by atoms with Gasteiger partial charge in [0.15, 0.2) is 0 Å². The lowest BCUT2D eigenvalue weighted by Gasteiger charge is -2.15. The molecule has 7 heteroatoms. The molecule has 0 radical (unpaired) electrons. The van der Waals surface area contributed by atoms with Gasteiger partial charge < -0.3 is 10.2 Å². The Morgan fingerprint density at radius 2 is 2.05 bits per heavy atom. The summed E-state index contributed by atoms with van der Waals surface area (Å²) in [4.78, 5) is 0.234. The van der Waals surface area contributed by atoms with E-state index in [0.717, 1.165) is 6.42 Å². The highest BCUT2D eigenvalue weighted by molar-refractivity contribution is 7.89. The fourth-order valence-corrected chi connectivity index (χ4v) is 3.17.